The van der Waals surface area contributed by atoms with E-state index < -0.39 is 46.2 Å². The fourth-order valence-corrected chi connectivity index (χ4v) is 8.35. The number of para-hydroxylation sites is 1. The van der Waals surface area contributed by atoms with Crippen molar-refractivity contribution in [1.29, 1.82) is 0 Å². The molecule has 8 rings (SSSR count). The van der Waals surface area contributed by atoms with Gasteiger partial charge in [0.15, 0.2) is 0 Å². The Bertz CT molecular complexity index is 3650. The molecule has 0 spiro atoms. The van der Waals surface area contributed by atoms with Crippen LogP contribution in [0.3, 0.4) is 0 Å². The van der Waals surface area contributed by atoms with Gasteiger partial charge in [0, 0.05) is 46.8 Å². The van der Waals surface area contributed by atoms with Crippen molar-refractivity contribution in [2.24, 2.45) is 5.41 Å². The van der Waals surface area contributed by atoms with Gasteiger partial charge in [-0.2, -0.15) is 0 Å². The van der Waals surface area contributed by atoms with Crippen LogP contribution in [-0.4, -0.2) is 19.6 Å². The number of rotatable bonds is 7. The zero-order chi connectivity index (χ0) is 57.2. The van der Waals surface area contributed by atoms with Crippen molar-refractivity contribution in [3.8, 4) is 67.5 Å². The summed E-state index contributed by atoms with van der Waals surface area (Å²) in [5.74, 6) is 0.372. The predicted molar refractivity (Wildman–Crippen MR) is 285 cm³/mol. The molecule has 0 fully saturated rings. The Morgan fingerprint density at radius 2 is 1.22 bits per heavy atom. The van der Waals surface area contributed by atoms with Crippen molar-refractivity contribution in [2.75, 3.05) is 0 Å². The molecule has 5 heteroatoms. The van der Waals surface area contributed by atoms with Crippen LogP contribution in [0.2, 0.25) is 0 Å². The van der Waals surface area contributed by atoms with E-state index >= 15 is 0 Å². The number of nitrogens with zero attached hydrogens (tertiary/aromatic N) is 3. The molecular weight excluding hydrogens is 1010 g/mol. The number of imidazole rings is 1. The summed E-state index contributed by atoms with van der Waals surface area (Å²) in [7, 11) is 0. The number of phenolic OH excluding ortho intramolecular Hbond substituents is 1. The van der Waals surface area contributed by atoms with Crippen molar-refractivity contribution >= 4 is 11.0 Å². The molecule has 1 N–H and O–H groups in total. The molecule has 0 unspecified atom stereocenters. The molecule has 0 saturated heterocycles. The number of hydrogen-bond acceptors (Lipinski definition) is 3. The predicted octanol–water partition coefficient (Wildman–Crippen LogP) is 17.0. The number of hydrogen-bond donors (Lipinski definition) is 1. The maximum Gasteiger partial charge on any atom is 0.148 e. The van der Waals surface area contributed by atoms with E-state index in [0.717, 1.165) is 16.7 Å². The van der Waals surface area contributed by atoms with Gasteiger partial charge < -0.3 is 5.11 Å². The Kier molecular flexibility index (Phi) is 10.4. The summed E-state index contributed by atoms with van der Waals surface area (Å²) in [5.41, 5.74) is 6.20. The van der Waals surface area contributed by atoms with Gasteiger partial charge in [0.2, 0.25) is 0 Å². The molecule has 2 heterocycles. The number of pyridine rings is 1. The maximum atomic E-state index is 12.7. The second kappa shape index (κ2) is 18.4. The smallest absolute Gasteiger partial charge is 0.148 e. The summed E-state index contributed by atoms with van der Waals surface area (Å²) >= 11 is 0. The first-order chi connectivity index (χ1) is 35.4. The Labute approximate surface area is 435 Å². The van der Waals surface area contributed by atoms with Crippen LogP contribution in [0.4, 0.5) is 0 Å². The van der Waals surface area contributed by atoms with E-state index in [1.54, 1.807) is 24.3 Å². The summed E-state index contributed by atoms with van der Waals surface area (Å²) in [6.45, 7) is 30.4. The van der Waals surface area contributed by atoms with Crippen molar-refractivity contribution in [3.05, 3.63) is 167 Å². The molecule has 4 nitrogen and oxygen atoms in total. The zero-order valence-corrected chi connectivity index (χ0v) is 44.5. The number of aromatic hydroxyl groups is 1. The Morgan fingerprint density at radius 1 is 0.603 bits per heavy atom. The van der Waals surface area contributed by atoms with Gasteiger partial charge in [0.1, 0.15) is 11.6 Å². The molecule has 8 aromatic rings. The number of aromatic nitrogens is 3. The van der Waals surface area contributed by atoms with E-state index in [2.05, 4.69) is 73.4 Å². The molecule has 68 heavy (non-hydrogen) atoms. The van der Waals surface area contributed by atoms with Crippen LogP contribution >= 0.6 is 0 Å². The molecule has 0 aliphatic heterocycles. The number of benzene rings is 6. The van der Waals surface area contributed by atoms with Crippen LogP contribution in [0.5, 0.6) is 5.75 Å². The van der Waals surface area contributed by atoms with Crippen LogP contribution < -0.4 is 0 Å². The van der Waals surface area contributed by atoms with Gasteiger partial charge in [-0.25, -0.2) is 4.98 Å². The van der Waals surface area contributed by atoms with Gasteiger partial charge in [-0.3, -0.25) is 9.55 Å². The monoisotopic (exact) mass is 1090 g/mol. The second-order valence-corrected chi connectivity index (χ2v) is 22.9. The number of fused-ring (bicyclic) bond motifs is 1. The summed E-state index contributed by atoms with van der Waals surface area (Å²) in [6, 6.07) is 27.3. The van der Waals surface area contributed by atoms with Crippen molar-refractivity contribution < 1.29 is 39.9 Å². The quantitative estimate of drug-likeness (QED) is 0.162. The largest absolute Gasteiger partial charge is 0.507 e. The van der Waals surface area contributed by atoms with Gasteiger partial charge in [-0.1, -0.05) is 200 Å². The van der Waals surface area contributed by atoms with E-state index in [9.17, 15) is 9.22 Å². The first-order valence-corrected chi connectivity index (χ1v) is 23.2. The van der Waals surface area contributed by atoms with Crippen molar-refractivity contribution in [1.82, 2.24) is 14.5 Å². The summed E-state index contributed by atoms with van der Waals surface area (Å²) in [6.07, 6.45) is -2.00. The number of phenols is 1. The SMILES string of the molecule is [2H]c1nc(-c2[c-]c(-c3cccc4c3nc(-c3cc(C(C)(C)C)cc(C(C)(C)C)c3O)n4-c3ccc(C(C)(C)C)cc3-c3c([2H])c([2H])c([2H])c([2H])c3[2H])cc(C(C)(C)C)c2)c([2H])c(-c2ccc(C([2H])([2H])C(C)(C)C)cc2)c1[2H].[Pt]. The molecule has 0 radical (unpaired) electrons. The summed E-state index contributed by atoms with van der Waals surface area (Å²) in [5, 5.41) is 12.7. The average molecular weight is 1090 g/mol. The summed E-state index contributed by atoms with van der Waals surface area (Å²) < 4.78 is 92.0. The third-order valence-electron chi connectivity index (χ3n) is 12.1. The van der Waals surface area contributed by atoms with Gasteiger partial charge >= 0.3 is 0 Å². The Hall–Kier alpha value is -5.57. The van der Waals surface area contributed by atoms with Crippen LogP contribution in [0, 0.1) is 11.5 Å². The van der Waals surface area contributed by atoms with Crippen LogP contribution in [0.15, 0.2) is 133 Å². The summed E-state index contributed by atoms with van der Waals surface area (Å²) in [4.78, 5) is 10.1. The minimum absolute atomic E-state index is 0. The second-order valence-electron chi connectivity index (χ2n) is 22.9. The van der Waals surface area contributed by atoms with Gasteiger partial charge in [0.25, 0.3) is 0 Å². The maximum absolute atomic E-state index is 12.7. The fraction of sp³-hybridized carbons (Fsp3) is 0.333. The molecule has 0 aliphatic carbocycles. The van der Waals surface area contributed by atoms with Crippen molar-refractivity contribution in [3.63, 3.8) is 0 Å². The van der Waals surface area contributed by atoms with Gasteiger partial charge in [-0.15, -0.1) is 29.3 Å². The molecule has 2 aromatic heterocycles. The molecule has 0 aliphatic rings. The zero-order valence-electron chi connectivity index (χ0n) is 52.2. The Morgan fingerprint density at radius 3 is 1.84 bits per heavy atom. The Balaban J connectivity index is 0.00000882. The molecule has 0 amide bonds. The molecule has 0 bridgehead atoms. The van der Waals surface area contributed by atoms with Crippen molar-refractivity contribution in [2.45, 2.75) is 132 Å². The van der Waals surface area contributed by atoms with E-state index in [0.29, 0.717) is 67.1 Å². The van der Waals surface area contributed by atoms with E-state index in [1.807, 2.05) is 107 Å². The van der Waals surface area contributed by atoms with E-state index in [-0.39, 0.29) is 79.4 Å². The molecule has 354 valence electrons. The fourth-order valence-electron chi connectivity index (χ4n) is 8.35. The average Bonchev–Trinajstić information content (AvgIpc) is 3.91. The topological polar surface area (TPSA) is 50.9 Å². The van der Waals surface area contributed by atoms with Crippen LogP contribution in [0.25, 0.3) is 72.7 Å². The van der Waals surface area contributed by atoms with E-state index in [4.69, 9.17) is 14.6 Å². The molecular formula is C63H70N3OPt-. The third kappa shape index (κ3) is 10.5. The standard InChI is InChI=1S/C63H70N3O.Pt/c1-59(2,3)39-40-24-26-41(27-25-40)43-30-31-64-53(35-43)45-32-44(33-47(34-45)61(7,8)9)49-22-19-23-55-56(49)65-58(51-37-48(62(10,11)12)38-52(57(51)67)63(13,14)15)66(55)54-29-28-46(60(4,5)6)36-50(54)42-20-17-16-18-21-42;/h16-31,33-38,67H,39H2,1-15H3;/q-1;/i16D,17D,18D,20D,21D,30D,31D,35D,39D2;. The first kappa shape index (κ1) is 38.3. The molecule has 6 aromatic carbocycles. The van der Waals surface area contributed by atoms with Gasteiger partial charge in [0.05, 0.1) is 33.3 Å². The first-order valence-electron chi connectivity index (χ1n) is 28.2. The third-order valence-corrected chi connectivity index (χ3v) is 12.1. The van der Waals surface area contributed by atoms with Crippen LogP contribution in [0.1, 0.15) is 145 Å². The molecule has 0 atom stereocenters. The van der Waals surface area contributed by atoms with Crippen LogP contribution in [-0.2, 0) is 49.1 Å². The van der Waals surface area contributed by atoms with E-state index in [1.165, 1.54) is 0 Å². The van der Waals surface area contributed by atoms with Gasteiger partial charge in [-0.05, 0) is 97.1 Å². The minimum atomic E-state index is -1.67. The minimum Gasteiger partial charge on any atom is -0.507 e. The normalized spacial score (nSPS) is 14.9. The molecule has 0 saturated carbocycles.